The minimum atomic E-state index is 0.477. The zero-order valence-corrected chi connectivity index (χ0v) is 11.1. The van der Waals surface area contributed by atoms with Gasteiger partial charge >= 0.3 is 0 Å². The van der Waals surface area contributed by atoms with E-state index in [0.29, 0.717) is 12.0 Å². The highest BCUT2D eigenvalue weighted by atomic mass is 16.5. The maximum Gasteiger partial charge on any atom is 0.0634 e. The van der Waals surface area contributed by atoms with Gasteiger partial charge in [-0.2, -0.15) is 0 Å². The first kappa shape index (κ1) is 13.8. The molecular weight excluding hydrogens is 196 g/mol. The van der Waals surface area contributed by atoms with Gasteiger partial charge in [0.25, 0.3) is 0 Å². The van der Waals surface area contributed by atoms with E-state index < -0.39 is 0 Å². The average Bonchev–Trinajstić information content (AvgIpc) is 2.82. The summed E-state index contributed by atoms with van der Waals surface area (Å²) in [6, 6.07) is 0. The minimum Gasteiger partial charge on any atom is -0.381 e. The lowest BCUT2D eigenvalue weighted by Gasteiger charge is -2.20. The van der Waals surface area contributed by atoms with Crippen LogP contribution >= 0.6 is 0 Å². The van der Waals surface area contributed by atoms with Crippen LogP contribution < -0.4 is 0 Å². The summed E-state index contributed by atoms with van der Waals surface area (Å²) in [4.78, 5) is 0. The molecule has 0 aliphatic heterocycles. The fraction of sp³-hybridized carbons (Fsp3) is 0.867. The van der Waals surface area contributed by atoms with Crippen LogP contribution in [-0.2, 0) is 4.74 Å². The van der Waals surface area contributed by atoms with E-state index in [-0.39, 0.29) is 0 Å². The molecule has 0 heterocycles. The highest BCUT2D eigenvalue weighted by Crippen LogP contribution is 2.25. The van der Waals surface area contributed by atoms with Gasteiger partial charge in [-0.3, -0.25) is 0 Å². The molecule has 1 aliphatic rings. The van der Waals surface area contributed by atoms with Crippen molar-refractivity contribution < 1.29 is 4.74 Å². The summed E-state index contributed by atoms with van der Waals surface area (Å²) in [5.41, 5.74) is 0. The first-order valence-electron chi connectivity index (χ1n) is 7.08. The number of unbranched alkanes of at least 4 members (excludes halogenated alkanes) is 5. The van der Waals surface area contributed by atoms with E-state index in [1.54, 1.807) is 0 Å². The molecule has 0 saturated carbocycles. The smallest absolute Gasteiger partial charge is 0.0634 e. The fourth-order valence-corrected chi connectivity index (χ4v) is 2.60. The second-order valence-corrected chi connectivity index (χ2v) is 5.00. The molecule has 0 aromatic carbocycles. The third kappa shape index (κ3) is 5.16. The first-order valence-corrected chi connectivity index (χ1v) is 7.08. The van der Waals surface area contributed by atoms with Crippen molar-refractivity contribution in [1.82, 2.24) is 0 Å². The van der Waals surface area contributed by atoms with Crippen molar-refractivity contribution in [1.29, 1.82) is 0 Å². The molecule has 16 heavy (non-hydrogen) atoms. The minimum absolute atomic E-state index is 0.477. The standard InChI is InChI=1S/C15H28O/c1-3-4-5-6-7-8-13-15(16-2)14-11-9-10-12-14/h9,11,14-15H,3-8,10,12-13H2,1-2H3. The van der Waals surface area contributed by atoms with E-state index in [9.17, 15) is 0 Å². The third-order valence-corrected chi connectivity index (χ3v) is 3.67. The molecule has 1 rings (SSSR count). The van der Waals surface area contributed by atoms with Gasteiger partial charge in [0, 0.05) is 13.0 Å². The van der Waals surface area contributed by atoms with Crippen molar-refractivity contribution in [2.75, 3.05) is 7.11 Å². The van der Waals surface area contributed by atoms with Crippen LogP contribution in [0.3, 0.4) is 0 Å². The van der Waals surface area contributed by atoms with Crippen LogP contribution in [0.5, 0.6) is 0 Å². The fourth-order valence-electron chi connectivity index (χ4n) is 2.60. The van der Waals surface area contributed by atoms with Gasteiger partial charge in [-0.05, 0) is 19.3 Å². The summed E-state index contributed by atoms with van der Waals surface area (Å²) in [6.45, 7) is 2.27. The lowest BCUT2D eigenvalue weighted by Crippen LogP contribution is -2.19. The Hall–Kier alpha value is -0.300. The first-order chi connectivity index (χ1) is 7.88. The lowest BCUT2D eigenvalue weighted by atomic mass is 9.96. The zero-order valence-electron chi connectivity index (χ0n) is 11.1. The molecule has 1 heteroatoms. The Morgan fingerprint density at radius 1 is 1.19 bits per heavy atom. The van der Waals surface area contributed by atoms with Gasteiger partial charge in [-0.15, -0.1) is 0 Å². The Morgan fingerprint density at radius 2 is 1.94 bits per heavy atom. The van der Waals surface area contributed by atoms with Crippen molar-refractivity contribution in [2.45, 2.75) is 70.8 Å². The molecule has 1 aliphatic carbocycles. The molecule has 0 radical (unpaired) electrons. The Bertz CT molecular complexity index is 186. The molecule has 94 valence electrons. The van der Waals surface area contributed by atoms with Gasteiger partial charge in [0.05, 0.1) is 6.10 Å². The predicted octanol–water partition coefficient (Wildman–Crippen LogP) is 4.72. The summed E-state index contributed by atoms with van der Waals surface area (Å²) in [5, 5.41) is 0. The van der Waals surface area contributed by atoms with E-state index in [2.05, 4.69) is 19.1 Å². The van der Waals surface area contributed by atoms with Crippen molar-refractivity contribution in [3.8, 4) is 0 Å². The second-order valence-electron chi connectivity index (χ2n) is 5.00. The van der Waals surface area contributed by atoms with Gasteiger partial charge in [0.1, 0.15) is 0 Å². The molecular formula is C15H28O. The number of rotatable bonds is 9. The molecule has 0 fully saturated rings. The van der Waals surface area contributed by atoms with Crippen LogP contribution in [0.25, 0.3) is 0 Å². The molecule has 0 N–H and O–H groups in total. The molecule has 2 unspecified atom stereocenters. The molecule has 0 aromatic rings. The maximum absolute atomic E-state index is 5.61. The van der Waals surface area contributed by atoms with Crippen molar-refractivity contribution >= 4 is 0 Å². The van der Waals surface area contributed by atoms with Crippen LogP contribution in [0, 0.1) is 5.92 Å². The van der Waals surface area contributed by atoms with Gasteiger partial charge in [0.15, 0.2) is 0 Å². The van der Waals surface area contributed by atoms with Crippen LogP contribution in [0.15, 0.2) is 12.2 Å². The van der Waals surface area contributed by atoms with E-state index in [0.717, 1.165) is 0 Å². The number of methoxy groups -OCH3 is 1. The quantitative estimate of drug-likeness (QED) is 0.407. The van der Waals surface area contributed by atoms with Crippen molar-refractivity contribution in [3.05, 3.63) is 12.2 Å². The van der Waals surface area contributed by atoms with E-state index >= 15 is 0 Å². The van der Waals surface area contributed by atoms with Crippen molar-refractivity contribution in [3.63, 3.8) is 0 Å². The van der Waals surface area contributed by atoms with Gasteiger partial charge in [-0.25, -0.2) is 0 Å². The monoisotopic (exact) mass is 224 g/mol. The maximum atomic E-state index is 5.61. The number of allylic oxidation sites excluding steroid dienone is 1. The molecule has 0 aromatic heterocycles. The van der Waals surface area contributed by atoms with Gasteiger partial charge in [-0.1, -0.05) is 57.6 Å². The normalized spacial score (nSPS) is 21.5. The summed E-state index contributed by atoms with van der Waals surface area (Å²) in [6.07, 6.45) is 17.2. The second kappa shape index (κ2) is 8.81. The van der Waals surface area contributed by atoms with Crippen LogP contribution in [0.1, 0.15) is 64.7 Å². The van der Waals surface area contributed by atoms with E-state index in [4.69, 9.17) is 4.74 Å². The number of hydrogen-bond acceptors (Lipinski definition) is 1. The van der Waals surface area contributed by atoms with Crippen molar-refractivity contribution in [2.24, 2.45) is 5.92 Å². The lowest BCUT2D eigenvalue weighted by molar-refractivity contribution is 0.0593. The molecule has 2 atom stereocenters. The molecule has 1 nitrogen and oxygen atoms in total. The summed E-state index contributed by atoms with van der Waals surface area (Å²) < 4.78 is 5.61. The zero-order chi connectivity index (χ0) is 11.6. The van der Waals surface area contributed by atoms with Crippen LogP contribution in [0.4, 0.5) is 0 Å². The third-order valence-electron chi connectivity index (χ3n) is 3.67. The SMILES string of the molecule is CCCCCCCCC(OC)C1C=CCC1. The largest absolute Gasteiger partial charge is 0.381 e. The Labute approximate surface area is 101 Å². The Morgan fingerprint density at radius 3 is 2.56 bits per heavy atom. The van der Waals surface area contributed by atoms with E-state index in [1.807, 2.05) is 7.11 Å². The highest BCUT2D eigenvalue weighted by molar-refractivity contribution is 4.99. The molecule has 0 saturated heterocycles. The number of ether oxygens (including phenoxy) is 1. The van der Waals surface area contributed by atoms with E-state index in [1.165, 1.54) is 57.8 Å². The molecule has 0 bridgehead atoms. The molecule has 0 spiro atoms. The Kier molecular flexibility index (Phi) is 7.58. The number of hydrogen-bond donors (Lipinski definition) is 0. The summed E-state index contributed by atoms with van der Waals surface area (Å²) in [5.74, 6) is 0.695. The summed E-state index contributed by atoms with van der Waals surface area (Å²) in [7, 11) is 1.87. The summed E-state index contributed by atoms with van der Waals surface area (Å²) >= 11 is 0. The average molecular weight is 224 g/mol. The van der Waals surface area contributed by atoms with Gasteiger partial charge in [0.2, 0.25) is 0 Å². The highest BCUT2D eigenvalue weighted by Gasteiger charge is 2.20. The van der Waals surface area contributed by atoms with Crippen LogP contribution in [0.2, 0.25) is 0 Å². The van der Waals surface area contributed by atoms with Gasteiger partial charge < -0.3 is 4.74 Å². The Balaban J connectivity index is 2.03. The topological polar surface area (TPSA) is 9.23 Å². The van der Waals surface area contributed by atoms with Crippen LogP contribution in [-0.4, -0.2) is 13.2 Å². The molecule has 0 amide bonds. The predicted molar refractivity (Wildman–Crippen MR) is 70.7 cm³/mol.